The van der Waals surface area contributed by atoms with E-state index >= 15 is 0 Å². The predicted octanol–water partition coefficient (Wildman–Crippen LogP) is 2.74. The third kappa shape index (κ3) is 3.75. The van der Waals surface area contributed by atoms with E-state index in [2.05, 4.69) is 32.1 Å². The van der Waals surface area contributed by atoms with Crippen molar-refractivity contribution in [2.24, 2.45) is 7.05 Å². The highest BCUT2D eigenvalue weighted by atomic mass is 19.1. The number of nitrogens with zero attached hydrogens (tertiary/aromatic N) is 4. The van der Waals surface area contributed by atoms with Gasteiger partial charge in [0.1, 0.15) is 11.6 Å². The number of nitrogens with one attached hydrogen (secondary N) is 1. The number of carbonyl (C=O) groups is 1. The lowest BCUT2D eigenvalue weighted by Gasteiger charge is -2.02. The predicted molar refractivity (Wildman–Crippen MR) is 108 cm³/mol. The number of nitrogens with two attached hydrogens (primary N) is 1. The summed E-state index contributed by atoms with van der Waals surface area (Å²) >= 11 is 0. The van der Waals surface area contributed by atoms with Gasteiger partial charge in [-0.3, -0.25) is 4.79 Å². The second-order valence-electron chi connectivity index (χ2n) is 6.18. The number of amides is 1. The Bertz CT molecular complexity index is 1290. The molecule has 0 aliphatic rings. The van der Waals surface area contributed by atoms with Crippen LogP contribution in [-0.4, -0.2) is 25.4 Å². The number of anilines is 2. The summed E-state index contributed by atoms with van der Waals surface area (Å²) in [6, 6.07) is 15.0. The molecule has 0 atom stereocenters. The van der Waals surface area contributed by atoms with Crippen molar-refractivity contribution in [2.45, 2.75) is 0 Å². The number of hydrogen-bond acceptors (Lipinski definition) is 5. The van der Waals surface area contributed by atoms with Crippen molar-refractivity contribution < 1.29 is 9.18 Å². The van der Waals surface area contributed by atoms with Gasteiger partial charge < -0.3 is 15.6 Å². The molecule has 0 spiro atoms. The Labute approximate surface area is 165 Å². The van der Waals surface area contributed by atoms with Crippen molar-refractivity contribution in [3.05, 3.63) is 66.2 Å². The molecule has 0 bridgehead atoms. The maximum atomic E-state index is 13.6. The van der Waals surface area contributed by atoms with Crippen molar-refractivity contribution in [1.29, 1.82) is 0 Å². The van der Waals surface area contributed by atoms with Crippen LogP contribution in [0.25, 0.3) is 22.6 Å². The van der Waals surface area contributed by atoms with E-state index < -0.39 is 5.91 Å². The summed E-state index contributed by atoms with van der Waals surface area (Å²) in [7, 11) is 1.74. The van der Waals surface area contributed by atoms with Gasteiger partial charge in [-0.1, -0.05) is 30.3 Å². The number of fused-ring (bicyclic) bond motifs is 1. The van der Waals surface area contributed by atoms with E-state index in [1.807, 2.05) is 6.07 Å². The maximum absolute atomic E-state index is 13.6. The van der Waals surface area contributed by atoms with Crippen molar-refractivity contribution in [3.63, 3.8) is 0 Å². The van der Waals surface area contributed by atoms with E-state index in [-0.39, 0.29) is 17.5 Å². The highest BCUT2D eigenvalue weighted by Crippen LogP contribution is 2.25. The summed E-state index contributed by atoms with van der Waals surface area (Å²) in [6.07, 6.45) is 0. The number of nitrogen functional groups attached to an aromatic ring is 1. The number of rotatable bonds is 2. The van der Waals surface area contributed by atoms with Gasteiger partial charge in [0, 0.05) is 24.2 Å². The minimum atomic E-state index is -0.496. The van der Waals surface area contributed by atoms with Gasteiger partial charge in [0.2, 0.25) is 5.82 Å². The SMILES string of the molecule is Cn1c(-c2cccc(F)c2)nc2c(N)nc(C#CC(=O)Nc3ccccc3)nc21. The van der Waals surface area contributed by atoms with Gasteiger partial charge >= 0.3 is 5.91 Å². The molecule has 0 aliphatic carbocycles. The van der Waals surface area contributed by atoms with E-state index in [1.165, 1.54) is 12.1 Å². The Balaban J connectivity index is 1.67. The Morgan fingerprint density at radius 2 is 1.90 bits per heavy atom. The first kappa shape index (κ1) is 18.1. The second-order valence-corrected chi connectivity index (χ2v) is 6.18. The molecule has 0 unspecified atom stereocenters. The fourth-order valence-corrected chi connectivity index (χ4v) is 2.82. The Morgan fingerprint density at radius 1 is 1.10 bits per heavy atom. The Kier molecular flexibility index (Phi) is 4.63. The molecule has 0 radical (unpaired) electrons. The molecule has 2 aromatic heterocycles. The molecule has 142 valence electrons. The molecule has 8 heteroatoms. The van der Waals surface area contributed by atoms with Gasteiger partial charge in [-0.25, -0.2) is 19.3 Å². The average Bonchev–Trinajstić information content (AvgIpc) is 3.04. The molecule has 2 aromatic carbocycles. The van der Waals surface area contributed by atoms with Gasteiger partial charge in [-0.15, -0.1) is 0 Å². The molecule has 0 fully saturated rings. The van der Waals surface area contributed by atoms with E-state index in [0.29, 0.717) is 28.2 Å². The molecule has 2 heterocycles. The second kappa shape index (κ2) is 7.40. The van der Waals surface area contributed by atoms with Crippen LogP contribution in [0.4, 0.5) is 15.9 Å². The zero-order valence-electron chi connectivity index (χ0n) is 15.3. The summed E-state index contributed by atoms with van der Waals surface area (Å²) in [6.45, 7) is 0. The lowest BCUT2D eigenvalue weighted by molar-refractivity contribution is -0.111. The van der Waals surface area contributed by atoms with Crippen LogP contribution < -0.4 is 11.1 Å². The van der Waals surface area contributed by atoms with Crippen LogP contribution in [0.5, 0.6) is 0 Å². The van der Waals surface area contributed by atoms with Crippen LogP contribution in [0.3, 0.4) is 0 Å². The quantitative estimate of drug-likeness (QED) is 0.516. The normalized spacial score (nSPS) is 10.4. The molecular formula is C21H15FN6O. The molecule has 3 N–H and O–H groups in total. The third-order valence-corrected chi connectivity index (χ3v) is 4.15. The van der Waals surface area contributed by atoms with Crippen molar-refractivity contribution in [3.8, 4) is 23.2 Å². The van der Waals surface area contributed by atoms with Crippen LogP contribution in [0, 0.1) is 17.7 Å². The fourth-order valence-electron chi connectivity index (χ4n) is 2.82. The number of hydrogen-bond donors (Lipinski definition) is 2. The molecule has 7 nitrogen and oxygen atoms in total. The first-order chi connectivity index (χ1) is 14.0. The highest BCUT2D eigenvalue weighted by Gasteiger charge is 2.15. The lowest BCUT2D eigenvalue weighted by atomic mass is 10.2. The van der Waals surface area contributed by atoms with E-state index in [0.717, 1.165) is 0 Å². The molecule has 0 aliphatic heterocycles. The van der Waals surface area contributed by atoms with E-state index in [4.69, 9.17) is 5.73 Å². The monoisotopic (exact) mass is 386 g/mol. The number of halogens is 1. The Hall–Kier alpha value is -4.25. The van der Waals surface area contributed by atoms with Crippen molar-refractivity contribution >= 4 is 28.6 Å². The molecule has 4 rings (SSSR count). The number of imidazole rings is 1. The summed E-state index contributed by atoms with van der Waals surface area (Å²) in [5, 5.41) is 2.65. The average molecular weight is 386 g/mol. The molecule has 0 saturated heterocycles. The van der Waals surface area contributed by atoms with Crippen molar-refractivity contribution in [2.75, 3.05) is 11.1 Å². The zero-order chi connectivity index (χ0) is 20.4. The van der Waals surface area contributed by atoms with E-state index in [1.54, 1.807) is 48.0 Å². The number of benzene rings is 2. The summed E-state index contributed by atoms with van der Waals surface area (Å²) in [4.78, 5) is 24.9. The molecule has 1 amide bonds. The highest BCUT2D eigenvalue weighted by molar-refractivity contribution is 6.04. The first-order valence-electron chi connectivity index (χ1n) is 8.65. The third-order valence-electron chi connectivity index (χ3n) is 4.15. The number of aromatic nitrogens is 4. The van der Waals surface area contributed by atoms with Gasteiger partial charge in [0.25, 0.3) is 0 Å². The van der Waals surface area contributed by atoms with Gasteiger partial charge in [-0.2, -0.15) is 0 Å². The van der Waals surface area contributed by atoms with Crippen LogP contribution in [0.15, 0.2) is 54.6 Å². The summed E-state index contributed by atoms with van der Waals surface area (Å²) in [5.41, 5.74) is 8.04. The van der Waals surface area contributed by atoms with Crippen molar-refractivity contribution in [1.82, 2.24) is 19.5 Å². The minimum absolute atomic E-state index is 0.0898. The van der Waals surface area contributed by atoms with Crippen LogP contribution >= 0.6 is 0 Å². The number of para-hydroxylation sites is 1. The topological polar surface area (TPSA) is 98.7 Å². The molecular weight excluding hydrogens is 371 g/mol. The minimum Gasteiger partial charge on any atom is -0.382 e. The largest absolute Gasteiger partial charge is 0.382 e. The Morgan fingerprint density at radius 3 is 2.66 bits per heavy atom. The number of carbonyl (C=O) groups excluding carboxylic acids is 1. The van der Waals surface area contributed by atoms with Crippen LogP contribution in [-0.2, 0) is 11.8 Å². The van der Waals surface area contributed by atoms with Crippen LogP contribution in [0.2, 0.25) is 0 Å². The molecule has 4 aromatic rings. The van der Waals surface area contributed by atoms with Gasteiger partial charge in [0.15, 0.2) is 17.0 Å². The first-order valence-corrected chi connectivity index (χ1v) is 8.65. The van der Waals surface area contributed by atoms with Gasteiger partial charge in [-0.05, 0) is 30.2 Å². The fraction of sp³-hybridized carbons (Fsp3) is 0.0476. The molecule has 29 heavy (non-hydrogen) atoms. The van der Waals surface area contributed by atoms with E-state index in [9.17, 15) is 9.18 Å². The zero-order valence-corrected chi connectivity index (χ0v) is 15.3. The number of aryl methyl sites for hydroxylation is 1. The van der Waals surface area contributed by atoms with Gasteiger partial charge in [0.05, 0.1) is 0 Å². The summed E-state index contributed by atoms with van der Waals surface area (Å²) in [5.74, 6) is 4.90. The maximum Gasteiger partial charge on any atom is 0.300 e. The van der Waals surface area contributed by atoms with Crippen LogP contribution in [0.1, 0.15) is 5.82 Å². The summed E-state index contributed by atoms with van der Waals surface area (Å²) < 4.78 is 15.2. The standard InChI is InChI=1S/C21H15FN6O/c1-28-20(13-6-5-7-14(22)12-13)27-18-19(23)25-16(26-21(18)28)10-11-17(29)24-15-8-3-2-4-9-15/h2-9,12H,1H3,(H,24,29)(H2,23,25,26). The smallest absolute Gasteiger partial charge is 0.300 e. The molecule has 0 saturated carbocycles. The lowest BCUT2D eigenvalue weighted by Crippen LogP contribution is -2.08.